The molecule has 0 saturated heterocycles. The summed E-state index contributed by atoms with van der Waals surface area (Å²) in [6.07, 6.45) is 39.3. The van der Waals surface area contributed by atoms with Crippen LogP contribution in [-0.2, 0) is 23.9 Å². The van der Waals surface area contributed by atoms with Crippen LogP contribution in [-0.4, -0.2) is 55.7 Å². The molecule has 2 amide bonds. The number of amides is 2. The lowest BCUT2D eigenvalue weighted by molar-refractivity contribution is -0.145. The Balaban J connectivity index is 0.0000123. The number of hydrogen-bond acceptors (Lipinski definition) is 6. The first-order valence-corrected chi connectivity index (χ1v) is 19.5. The van der Waals surface area contributed by atoms with Gasteiger partial charge in [0, 0.05) is 24.6 Å². The highest BCUT2D eigenvalue weighted by atomic mass is 16.5. The summed E-state index contributed by atoms with van der Waals surface area (Å²) in [5.74, 6) is -0.797. The number of ether oxygens (including phenoxy) is 2. The molecular formula is C43H71N3O5. The third kappa shape index (κ3) is 26.0. The Morgan fingerprint density at radius 1 is 0.824 bits per heavy atom. The van der Waals surface area contributed by atoms with E-state index in [9.17, 15) is 14.4 Å². The Hall–Kier alpha value is -3.49. The second-order valence-corrected chi connectivity index (χ2v) is 12.4. The van der Waals surface area contributed by atoms with E-state index in [4.69, 9.17) is 15.2 Å². The van der Waals surface area contributed by atoms with Crippen molar-refractivity contribution in [2.75, 3.05) is 13.7 Å². The van der Waals surface area contributed by atoms with Crippen LogP contribution in [0.25, 0.3) is 0 Å². The molecule has 51 heavy (non-hydrogen) atoms. The van der Waals surface area contributed by atoms with E-state index < -0.39 is 12.0 Å². The summed E-state index contributed by atoms with van der Waals surface area (Å²) in [6.45, 7) is 10.8. The van der Waals surface area contributed by atoms with E-state index in [2.05, 4.69) is 98.2 Å². The normalized spacial score (nSPS) is 17.1. The van der Waals surface area contributed by atoms with E-state index in [1.165, 1.54) is 7.11 Å². The van der Waals surface area contributed by atoms with E-state index in [1.54, 1.807) is 0 Å². The molecule has 0 heterocycles. The Kier molecular flexibility index (Phi) is 31.3. The number of rotatable bonds is 26. The smallest absolute Gasteiger partial charge is 0.328 e. The zero-order chi connectivity index (χ0) is 38.0. The van der Waals surface area contributed by atoms with Gasteiger partial charge < -0.3 is 25.8 Å². The standard InChI is InChI=1S/C41H65N3O5.C2H6/c1-5-8-9-10-11-12-13-14-15-16-17-18-19-20-21-22-23-24-25-29-39(45)43-30-27-26-28-38(41(47)48-4)44-40(46)34-31-35(42)33-37(32-34)49-36(6-2)7-3;1-2/h8-9,11-12,14-15,17-18,20-21,23-24,32,35-38H,5-7,10,13,16,19,22,25-31,33,42H2,1-4H3,(H,43,45)(H,44,46);1-2H3/b9-8-,12-11-,15-14-,18-17-,21-20-,24-23-;. The second kappa shape index (κ2) is 33.6. The molecule has 288 valence electrons. The predicted molar refractivity (Wildman–Crippen MR) is 214 cm³/mol. The minimum absolute atomic E-state index is 0.00285. The molecular weight excluding hydrogens is 638 g/mol. The Bertz CT molecular complexity index is 1130. The maximum atomic E-state index is 13.1. The van der Waals surface area contributed by atoms with Gasteiger partial charge in [-0.05, 0) is 96.0 Å². The van der Waals surface area contributed by atoms with Gasteiger partial charge in [-0.1, -0.05) is 108 Å². The van der Waals surface area contributed by atoms with Gasteiger partial charge in [0.05, 0.1) is 19.3 Å². The lowest BCUT2D eigenvalue weighted by atomic mass is 9.92. The zero-order valence-corrected chi connectivity index (χ0v) is 32.7. The number of methoxy groups -OCH3 is 1. The molecule has 0 spiro atoms. The topological polar surface area (TPSA) is 120 Å². The van der Waals surface area contributed by atoms with E-state index in [0.717, 1.165) is 51.4 Å². The van der Waals surface area contributed by atoms with Gasteiger partial charge in [-0.15, -0.1) is 0 Å². The molecule has 8 heteroatoms. The molecule has 8 nitrogen and oxygen atoms in total. The Labute approximate surface area is 310 Å². The second-order valence-electron chi connectivity index (χ2n) is 12.4. The van der Waals surface area contributed by atoms with Crippen LogP contribution in [0.15, 0.2) is 84.6 Å². The molecule has 0 saturated carbocycles. The summed E-state index contributed by atoms with van der Waals surface area (Å²) in [4.78, 5) is 37.7. The zero-order valence-electron chi connectivity index (χ0n) is 32.7. The minimum atomic E-state index is -0.765. The van der Waals surface area contributed by atoms with E-state index >= 15 is 0 Å². The van der Waals surface area contributed by atoms with Crippen LogP contribution < -0.4 is 16.4 Å². The first kappa shape index (κ1) is 47.5. The molecule has 0 aromatic carbocycles. The lowest BCUT2D eigenvalue weighted by Gasteiger charge is -2.29. The van der Waals surface area contributed by atoms with Crippen molar-refractivity contribution in [1.29, 1.82) is 0 Å². The average Bonchev–Trinajstić information content (AvgIpc) is 3.14. The lowest BCUT2D eigenvalue weighted by Crippen LogP contribution is -2.44. The minimum Gasteiger partial charge on any atom is -0.467 e. The van der Waals surface area contributed by atoms with Crippen molar-refractivity contribution >= 4 is 17.8 Å². The molecule has 0 fully saturated rings. The summed E-state index contributed by atoms with van der Waals surface area (Å²) < 4.78 is 11.1. The molecule has 0 bridgehead atoms. The van der Waals surface area contributed by atoms with Gasteiger partial charge in [0.1, 0.15) is 6.04 Å². The summed E-state index contributed by atoms with van der Waals surface area (Å²) in [5, 5.41) is 5.78. The number of carbonyl (C=O) groups excluding carboxylic acids is 3. The van der Waals surface area contributed by atoms with E-state index in [0.29, 0.717) is 57.1 Å². The fraction of sp³-hybridized carbons (Fsp3) is 0.605. The summed E-state index contributed by atoms with van der Waals surface area (Å²) in [7, 11) is 1.31. The molecule has 0 aromatic heterocycles. The van der Waals surface area contributed by atoms with Gasteiger partial charge in [-0.2, -0.15) is 0 Å². The molecule has 0 aliphatic heterocycles. The van der Waals surface area contributed by atoms with Crippen molar-refractivity contribution in [3.63, 3.8) is 0 Å². The molecule has 1 aliphatic rings. The molecule has 1 aliphatic carbocycles. The summed E-state index contributed by atoms with van der Waals surface area (Å²) in [6, 6.07) is -0.941. The summed E-state index contributed by atoms with van der Waals surface area (Å²) >= 11 is 0. The Morgan fingerprint density at radius 3 is 1.86 bits per heavy atom. The van der Waals surface area contributed by atoms with Crippen LogP contribution in [0.1, 0.15) is 131 Å². The van der Waals surface area contributed by atoms with Crippen LogP contribution in [0.5, 0.6) is 0 Å². The number of hydrogen-bond donors (Lipinski definition) is 3. The number of allylic oxidation sites excluding steroid dienone is 12. The monoisotopic (exact) mass is 710 g/mol. The van der Waals surface area contributed by atoms with Crippen LogP contribution in [0, 0.1) is 0 Å². The highest BCUT2D eigenvalue weighted by molar-refractivity contribution is 5.96. The van der Waals surface area contributed by atoms with Crippen LogP contribution in [0.3, 0.4) is 0 Å². The highest BCUT2D eigenvalue weighted by Gasteiger charge is 2.28. The summed E-state index contributed by atoms with van der Waals surface area (Å²) in [5.41, 5.74) is 6.77. The van der Waals surface area contributed by atoms with Crippen molar-refractivity contribution in [3.8, 4) is 0 Å². The predicted octanol–water partition coefficient (Wildman–Crippen LogP) is 9.06. The number of esters is 1. The molecule has 4 N–H and O–H groups in total. The highest BCUT2D eigenvalue weighted by Crippen LogP contribution is 2.23. The van der Waals surface area contributed by atoms with Gasteiger partial charge in [-0.3, -0.25) is 9.59 Å². The van der Waals surface area contributed by atoms with Gasteiger partial charge in [0.2, 0.25) is 11.8 Å². The van der Waals surface area contributed by atoms with Crippen molar-refractivity contribution < 1.29 is 23.9 Å². The molecule has 3 atom stereocenters. The van der Waals surface area contributed by atoms with Crippen LogP contribution >= 0.6 is 0 Å². The quantitative estimate of drug-likeness (QED) is 0.0469. The largest absolute Gasteiger partial charge is 0.467 e. The van der Waals surface area contributed by atoms with Crippen LogP contribution in [0.4, 0.5) is 0 Å². The van der Waals surface area contributed by atoms with Crippen molar-refractivity contribution in [2.24, 2.45) is 5.73 Å². The average molecular weight is 710 g/mol. The molecule has 0 aromatic rings. The maximum Gasteiger partial charge on any atom is 0.328 e. The SMILES string of the molecule is CC.CC/C=C\C/C=C\C/C=C\C/C=C\C/C=C\C/C=C\CCC(=O)NCCCCC(NC(=O)C1=CC(OC(CC)CC)CC(N)C1)C(=O)OC. The van der Waals surface area contributed by atoms with Gasteiger partial charge >= 0.3 is 5.97 Å². The van der Waals surface area contributed by atoms with E-state index in [1.807, 2.05) is 26.0 Å². The number of carbonyl (C=O) groups is 3. The van der Waals surface area contributed by atoms with Crippen LogP contribution in [0.2, 0.25) is 0 Å². The van der Waals surface area contributed by atoms with Gasteiger partial charge in [-0.25, -0.2) is 4.79 Å². The first-order chi connectivity index (χ1) is 24.8. The molecule has 1 rings (SSSR count). The number of nitrogens with two attached hydrogens (primary N) is 1. The third-order valence-electron chi connectivity index (χ3n) is 8.14. The molecule has 3 unspecified atom stereocenters. The van der Waals surface area contributed by atoms with Gasteiger partial charge in [0.25, 0.3) is 0 Å². The Morgan fingerprint density at radius 2 is 1.35 bits per heavy atom. The fourth-order valence-corrected chi connectivity index (χ4v) is 5.30. The van der Waals surface area contributed by atoms with Gasteiger partial charge in [0.15, 0.2) is 0 Å². The fourth-order valence-electron chi connectivity index (χ4n) is 5.30. The maximum absolute atomic E-state index is 13.1. The van der Waals surface area contributed by atoms with Crippen molar-refractivity contribution in [2.45, 2.75) is 155 Å². The number of unbranched alkanes of at least 4 members (excludes halogenated alkanes) is 1. The molecule has 0 radical (unpaired) electrons. The number of nitrogens with one attached hydrogen (secondary N) is 2. The first-order valence-electron chi connectivity index (χ1n) is 19.5. The third-order valence-corrected chi connectivity index (χ3v) is 8.14. The van der Waals surface area contributed by atoms with E-state index in [-0.39, 0.29) is 30.1 Å². The van der Waals surface area contributed by atoms with Crippen molar-refractivity contribution in [1.82, 2.24) is 10.6 Å². The van der Waals surface area contributed by atoms with Crippen molar-refractivity contribution in [3.05, 3.63) is 84.6 Å².